The highest BCUT2D eigenvalue weighted by molar-refractivity contribution is 5.26. The van der Waals surface area contributed by atoms with Gasteiger partial charge in [-0.05, 0) is 99.0 Å². The van der Waals surface area contributed by atoms with Gasteiger partial charge in [-0.2, -0.15) is 0 Å². The summed E-state index contributed by atoms with van der Waals surface area (Å²) in [7, 11) is 0. The molecule has 0 heteroatoms. The third kappa shape index (κ3) is 5.22. The summed E-state index contributed by atoms with van der Waals surface area (Å²) in [5, 5.41) is 0. The molecule has 138 valence electrons. The molecule has 2 saturated carbocycles. The summed E-state index contributed by atoms with van der Waals surface area (Å²) in [5.41, 5.74) is 3.14. The van der Waals surface area contributed by atoms with Gasteiger partial charge >= 0.3 is 0 Å². The van der Waals surface area contributed by atoms with E-state index in [1.165, 1.54) is 82.6 Å². The van der Waals surface area contributed by atoms with E-state index in [9.17, 15) is 0 Å². The van der Waals surface area contributed by atoms with Gasteiger partial charge in [-0.1, -0.05) is 50.1 Å². The van der Waals surface area contributed by atoms with Crippen molar-refractivity contribution in [3.8, 4) is 0 Å². The fourth-order valence-corrected chi connectivity index (χ4v) is 5.31. The largest absolute Gasteiger partial charge is 0.103 e. The first kappa shape index (κ1) is 18.7. The lowest BCUT2D eigenvalue weighted by atomic mass is 9.68. The molecule has 0 spiro atoms. The predicted octanol–water partition coefficient (Wildman–Crippen LogP) is 7.69. The van der Waals surface area contributed by atoms with Crippen molar-refractivity contribution in [3.05, 3.63) is 48.0 Å². The molecular weight excluding hydrogens is 300 g/mol. The molecule has 0 heterocycles. The topological polar surface area (TPSA) is 0 Å². The molecule has 0 amide bonds. The summed E-state index contributed by atoms with van der Waals surface area (Å²) in [6, 6.07) is 9.66. The van der Waals surface area contributed by atoms with Gasteiger partial charge in [-0.15, -0.1) is 6.58 Å². The second-order valence-corrected chi connectivity index (χ2v) is 8.72. The van der Waals surface area contributed by atoms with Gasteiger partial charge in [-0.25, -0.2) is 0 Å². The van der Waals surface area contributed by atoms with Gasteiger partial charge in [0.15, 0.2) is 0 Å². The molecule has 0 aromatic heterocycles. The Morgan fingerprint density at radius 2 is 1.44 bits per heavy atom. The second kappa shape index (κ2) is 9.60. The Bertz CT molecular complexity index is 495. The van der Waals surface area contributed by atoms with Crippen LogP contribution in [-0.4, -0.2) is 0 Å². The SMILES string of the molecule is C=CC1CCC(C2CCC(c3ccc(CCCCC)cc3)CC2)CC1. The third-order valence-electron chi connectivity index (χ3n) is 7.11. The number of benzene rings is 1. The van der Waals surface area contributed by atoms with Crippen LogP contribution in [0.5, 0.6) is 0 Å². The Morgan fingerprint density at radius 3 is 2.00 bits per heavy atom. The second-order valence-electron chi connectivity index (χ2n) is 8.72. The molecule has 1 aromatic carbocycles. The Labute approximate surface area is 156 Å². The van der Waals surface area contributed by atoms with E-state index in [4.69, 9.17) is 0 Å². The van der Waals surface area contributed by atoms with Crippen molar-refractivity contribution in [1.82, 2.24) is 0 Å². The van der Waals surface area contributed by atoms with Crippen LogP contribution in [0.2, 0.25) is 0 Å². The third-order valence-corrected chi connectivity index (χ3v) is 7.11. The van der Waals surface area contributed by atoms with Gasteiger partial charge in [0.25, 0.3) is 0 Å². The minimum Gasteiger partial charge on any atom is -0.103 e. The highest BCUT2D eigenvalue weighted by Crippen LogP contribution is 2.44. The number of hydrogen-bond acceptors (Lipinski definition) is 0. The molecule has 1 aromatic rings. The minimum absolute atomic E-state index is 0.809. The Balaban J connectivity index is 1.45. The number of hydrogen-bond donors (Lipinski definition) is 0. The molecular formula is C25H38. The molecule has 0 N–H and O–H groups in total. The van der Waals surface area contributed by atoms with Crippen molar-refractivity contribution in [1.29, 1.82) is 0 Å². The van der Waals surface area contributed by atoms with Crippen molar-refractivity contribution in [2.45, 2.75) is 89.9 Å². The first-order chi connectivity index (χ1) is 12.3. The van der Waals surface area contributed by atoms with Gasteiger partial charge in [-0.3, -0.25) is 0 Å². The normalized spacial score (nSPS) is 30.1. The maximum atomic E-state index is 3.99. The Kier molecular flexibility index (Phi) is 7.20. The summed E-state index contributed by atoms with van der Waals surface area (Å²) >= 11 is 0. The first-order valence-corrected chi connectivity index (χ1v) is 11.0. The van der Waals surface area contributed by atoms with Crippen molar-refractivity contribution in [2.24, 2.45) is 17.8 Å². The molecule has 25 heavy (non-hydrogen) atoms. The number of unbranched alkanes of at least 4 members (excludes halogenated alkanes) is 2. The van der Waals surface area contributed by atoms with E-state index in [2.05, 4.69) is 43.8 Å². The van der Waals surface area contributed by atoms with E-state index in [1.54, 1.807) is 5.56 Å². The molecule has 0 saturated heterocycles. The molecule has 0 bridgehead atoms. The quantitative estimate of drug-likeness (QED) is 0.353. The van der Waals surface area contributed by atoms with E-state index in [0.717, 1.165) is 23.7 Å². The van der Waals surface area contributed by atoms with Crippen LogP contribution in [0, 0.1) is 17.8 Å². The lowest BCUT2D eigenvalue weighted by Gasteiger charge is -2.37. The van der Waals surface area contributed by atoms with E-state index in [0.29, 0.717) is 0 Å². The van der Waals surface area contributed by atoms with E-state index < -0.39 is 0 Å². The molecule has 2 aliphatic carbocycles. The molecule has 0 radical (unpaired) electrons. The van der Waals surface area contributed by atoms with Crippen LogP contribution < -0.4 is 0 Å². The average Bonchev–Trinajstić information content (AvgIpc) is 2.69. The fraction of sp³-hybridized carbons (Fsp3) is 0.680. The molecule has 3 rings (SSSR count). The lowest BCUT2D eigenvalue weighted by Crippen LogP contribution is -2.25. The van der Waals surface area contributed by atoms with Crippen LogP contribution in [0.4, 0.5) is 0 Å². The smallest absolute Gasteiger partial charge is 0.0162 e. The van der Waals surface area contributed by atoms with Crippen LogP contribution in [0.15, 0.2) is 36.9 Å². The van der Waals surface area contributed by atoms with Gasteiger partial charge in [0.2, 0.25) is 0 Å². The van der Waals surface area contributed by atoms with E-state index in [-0.39, 0.29) is 0 Å². The maximum absolute atomic E-state index is 3.99. The summed E-state index contributed by atoms with van der Waals surface area (Å²) in [4.78, 5) is 0. The number of rotatable bonds is 7. The predicted molar refractivity (Wildman–Crippen MR) is 110 cm³/mol. The number of allylic oxidation sites excluding steroid dienone is 1. The Hall–Kier alpha value is -1.04. The monoisotopic (exact) mass is 338 g/mol. The average molecular weight is 339 g/mol. The van der Waals surface area contributed by atoms with Crippen molar-refractivity contribution in [2.75, 3.05) is 0 Å². The van der Waals surface area contributed by atoms with Crippen LogP contribution >= 0.6 is 0 Å². The van der Waals surface area contributed by atoms with Crippen LogP contribution in [0.25, 0.3) is 0 Å². The molecule has 0 nitrogen and oxygen atoms in total. The fourth-order valence-electron chi connectivity index (χ4n) is 5.31. The van der Waals surface area contributed by atoms with Gasteiger partial charge in [0.05, 0.1) is 0 Å². The highest BCUT2D eigenvalue weighted by Gasteiger charge is 2.30. The van der Waals surface area contributed by atoms with Crippen LogP contribution in [-0.2, 0) is 6.42 Å². The van der Waals surface area contributed by atoms with E-state index in [1.807, 2.05) is 0 Å². The van der Waals surface area contributed by atoms with Gasteiger partial charge in [0, 0.05) is 0 Å². The molecule has 0 atom stereocenters. The molecule has 0 unspecified atom stereocenters. The Morgan fingerprint density at radius 1 is 0.840 bits per heavy atom. The molecule has 2 fully saturated rings. The summed E-state index contributed by atoms with van der Waals surface area (Å²) in [6.07, 6.45) is 18.9. The lowest BCUT2D eigenvalue weighted by molar-refractivity contribution is 0.171. The highest BCUT2D eigenvalue weighted by atomic mass is 14.4. The molecule has 2 aliphatic rings. The zero-order valence-electron chi connectivity index (χ0n) is 16.4. The maximum Gasteiger partial charge on any atom is -0.0162 e. The van der Waals surface area contributed by atoms with Gasteiger partial charge in [0.1, 0.15) is 0 Å². The van der Waals surface area contributed by atoms with Crippen LogP contribution in [0.3, 0.4) is 0 Å². The summed E-state index contributed by atoms with van der Waals surface area (Å²) in [6.45, 7) is 6.27. The van der Waals surface area contributed by atoms with Crippen molar-refractivity contribution in [3.63, 3.8) is 0 Å². The summed E-state index contributed by atoms with van der Waals surface area (Å²) in [5.74, 6) is 3.65. The zero-order chi connectivity index (χ0) is 17.5. The standard InChI is InChI=1S/C25H38/c1-3-5-6-7-21-10-14-23(15-11-21)25-18-16-24(17-19-25)22-12-8-20(4-2)9-13-22/h4,10-11,14-15,20,22,24-25H,2-3,5-9,12-13,16-19H2,1H3. The number of aryl methyl sites for hydroxylation is 1. The van der Waals surface area contributed by atoms with Crippen molar-refractivity contribution < 1.29 is 0 Å². The van der Waals surface area contributed by atoms with E-state index >= 15 is 0 Å². The van der Waals surface area contributed by atoms with Crippen LogP contribution in [0.1, 0.15) is 94.6 Å². The van der Waals surface area contributed by atoms with Crippen molar-refractivity contribution >= 4 is 0 Å². The zero-order valence-corrected chi connectivity index (χ0v) is 16.4. The van der Waals surface area contributed by atoms with Gasteiger partial charge < -0.3 is 0 Å². The minimum atomic E-state index is 0.809. The molecule has 0 aliphatic heterocycles. The first-order valence-electron chi connectivity index (χ1n) is 11.0. The summed E-state index contributed by atoms with van der Waals surface area (Å²) < 4.78 is 0.